The number of hydrogen-bond donors (Lipinski definition) is 1. The number of unbranched alkanes of at least 4 members (excludes halogenated alkanes) is 4. The van der Waals surface area contributed by atoms with E-state index in [9.17, 15) is 8.78 Å². The number of ether oxygens (including phenoxy) is 1. The highest BCUT2D eigenvalue weighted by atomic mass is 19.2. The Morgan fingerprint density at radius 2 is 1.76 bits per heavy atom. The van der Waals surface area contributed by atoms with Crippen molar-refractivity contribution in [2.45, 2.75) is 39.0 Å². The molecule has 0 saturated heterocycles. The molecular weight excluding hydrogens is 226 g/mol. The van der Waals surface area contributed by atoms with Crippen LogP contribution in [0.15, 0.2) is 12.1 Å². The summed E-state index contributed by atoms with van der Waals surface area (Å²) in [6, 6.07) is 2.32. The molecule has 0 saturated carbocycles. The summed E-state index contributed by atoms with van der Waals surface area (Å²) in [7, 11) is 0. The Kier molecular flexibility index (Phi) is 5.73. The maximum Gasteiger partial charge on any atom is 0.204 e. The largest absolute Gasteiger partial charge is 0.505 e. The van der Waals surface area contributed by atoms with E-state index in [1.54, 1.807) is 0 Å². The molecular formula is C13H18F2O2. The summed E-state index contributed by atoms with van der Waals surface area (Å²) in [5, 5.41) is 8.92. The van der Waals surface area contributed by atoms with Gasteiger partial charge >= 0.3 is 0 Å². The van der Waals surface area contributed by atoms with E-state index in [2.05, 4.69) is 6.92 Å². The first-order valence-corrected chi connectivity index (χ1v) is 5.96. The van der Waals surface area contributed by atoms with Gasteiger partial charge in [-0.25, -0.2) is 0 Å². The summed E-state index contributed by atoms with van der Waals surface area (Å²) in [6.07, 6.45) is 5.32. The minimum absolute atomic E-state index is 0.143. The van der Waals surface area contributed by atoms with E-state index in [1.165, 1.54) is 18.9 Å². The molecule has 0 radical (unpaired) electrons. The topological polar surface area (TPSA) is 29.5 Å². The molecule has 0 atom stereocenters. The SMILES string of the molecule is CCCCCCCOc1ccc(O)c(F)c1F. The number of phenolic OH excluding ortho intramolecular Hbond substituents is 1. The fourth-order valence-electron chi connectivity index (χ4n) is 1.52. The molecule has 17 heavy (non-hydrogen) atoms. The predicted octanol–water partition coefficient (Wildman–Crippen LogP) is 4.02. The molecule has 0 amide bonds. The van der Waals surface area contributed by atoms with Crippen molar-refractivity contribution in [3.05, 3.63) is 23.8 Å². The van der Waals surface area contributed by atoms with Gasteiger partial charge in [-0.2, -0.15) is 8.78 Å². The van der Waals surface area contributed by atoms with Gasteiger partial charge in [-0.3, -0.25) is 0 Å². The van der Waals surface area contributed by atoms with Crippen LogP contribution < -0.4 is 4.74 Å². The lowest BCUT2D eigenvalue weighted by atomic mass is 10.2. The summed E-state index contributed by atoms with van der Waals surface area (Å²) in [6.45, 7) is 2.50. The first-order chi connectivity index (χ1) is 8.16. The molecule has 0 heterocycles. The van der Waals surface area contributed by atoms with Gasteiger partial charge in [0.25, 0.3) is 0 Å². The van der Waals surface area contributed by atoms with Gasteiger partial charge in [-0.1, -0.05) is 32.6 Å². The van der Waals surface area contributed by atoms with E-state index in [1.807, 2.05) is 0 Å². The highest BCUT2D eigenvalue weighted by Crippen LogP contribution is 2.26. The Bertz CT molecular complexity index is 354. The van der Waals surface area contributed by atoms with E-state index >= 15 is 0 Å². The van der Waals surface area contributed by atoms with Gasteiger partial charge < -0.3 is 9.84 Å². The second-order valence-corrected chi connectivity index (χ2v) is 3.97. The number of hydrogen-bond acceptors (Lipinski definition) is 2. The van der Waals surface area contributed by atoms with Crippen LogP contribution in [0.5, 0.6) is 11.5 Å². The highest BCUT2D eigenvalue weighted by Gasteiger charge is 2.13. The molecule has 0 aliphatic heterocycles. The minimum Gasteiger partial charge on any atom is -0.505 e. The first kappa shape index (κ1) is 13.7. The average molecular weight is 244 g/mol. The van der Waals surface area contributed by atoms with Crippen LogP contribution in [0.25, 0.3) is 0 Å². The van der Waals surface area contributed by atoms with Crippen molar-refractivity contribution >= 4 is 0 Å². The quantitative estimate of drug-likeness (QED) is 0.734. The van der Waals surface area contributed by atoms with Crippen LogP contribution in [0.1, 0.15) is 39.0 Å². The van der Waals surface area contributed by atoms with Gasteiger partial charge in [0.05, 0.1) is 6.61 Å². The standard InChI is InChI=1S/C13H18F2O2/c1-2-3-4-5-6-9-17-11-8-7-10(16)12(14)13(11)15/h7-8,16H,2-6,9H2,1H3. The second kappa shape index (κ2) is 7.09. The van der Waals surface area contributed by atoms with Crippen molar-refractivity contribution in [1.29, 1.82) is 0 Å². The Labute approximate surface area is 100 Å². The number of rotatable bonds is 7. The number of aromatic hydroxyl groups is 1. The maximum absolute atomic E-state index is 13.2. The second-order valence-electron chi connectivity index (χ2n) is 3.97. The minimum atomic E-state index is -1.26. The third-order valence-corrected chi connectivity index (χ3v) is 2.53. The normalized spacial score (nSPS) is 10.5. The number of halogens is 2. The van der Waals surface area contributed by atoms with E-state index < -0.39 is 17.4 Å². The summed E-state index contributed by atoms with van der Waals surface area (Å²) in [5.74, 6) is -3.22. The van der Waals surface area contributed by atoms with Gasteiger partial charge in [-0.15, -0.1) is 0 Å². The van der Waals surface area contributed by atoms with E-state index in [-0.39, 0.29) is 5.75 Å². The summed E-state index contributed by atoms with van der Waals surface area (Å²) >= 11 is 0. The van der Waals surface area contributed by atoms with Gasteiger partial charge in [0.15, 0.2) is 11.5 Å². The monoisotopic (exact) mass is 244 g/mol. The van der Waals surface area contributed by atoms with Crippen LogP contribution >= 0.6 is 0 Å². The Morgan fingerprint density at radius 1 is 1.06 bits per heavy atom. The van der Waals surface area contributed by atoms with Crippen LogP contribution in [0.2, 0.25) is 0 Å². The fraction of sp³-hybridized carbons (Fsp3) is 0.538. The predicted molar refractivity (Wildman–Crippen MR) is 62.3 cm³/mol. The average Bonchev–Trinajstić information content (AvgIpc) is 2.33. The van der Waals surface area contributed by atoms with Crippen molar-refractivity contribution in [3.63, 3.8) is 0 Å². The van der Waals surface area contributed by atoms with Crippen LogP contribution in [-0.2, 0) is 0 Å². The maximum atomic E-state index is 13.2. The molecule has 0 fully saturated rings. The third-order valence-electron chi connectivity index (χ3n) is 2.53. The van der Waals surface area contributed by atoms with Crippen LogP contribution in [0.4, 0.5) is 8.78 Å². The molecule has 1 rings (SSSR count). The fourth-order valence-corrected chi connectivity index (χ4v) is 1.52. The van der Waals surface area contributed by atoms with Crippen molar-refractivity contribution in [2.24, 2.45) is 0 Å². The van der Waals surface area contributed by atoms with Crippen molar-refractivity contribution in [2.75, 3.05) is 6.61 Å². The third kappa shape index (κ3) is 4.21. The van der Waals surface area contributed by atoms with E-state index in [0.29, 0.717) is 6.61 Å². The van der Waals surface area contributed by atoms with Crippen LogP contribution in [0.3, 0.4) is 0 Å². The van der Waals surface area contributed by atoms with Crippen LogP contribution in [0, 0.1) is 11.6 Å². The van der Waals surface area contributed by atoms with Crippen molar-refractivity contribution < 1.29 is 18.6 Å². The first-order valence-electron chi connectivity index (χ1n) is 5.96. The Balaban J connectivity index is 2.35. The zero-order valence-electron chi connectivity index (χ0n) is 10.0. The molecule has 96 valence electrons. The van der Waals surface area contributed by atoms with E-state index in [0.717, 1.165) is 25.3 Å². The van der Waals surface area contributed by atoms with E-state index in [4.69, 9.17) is 9.84 Å². The molecule has 0 aromatic heterocycles. The van der Waals surface area contributed by atoms with Crippen LogP contribution in [-0.4, -0.2) is 11.7 Å². The smallest absolute Gasteiger partial charge is 0.204 e. The number of benzene rings is 1. The molecule has 0 aliphatic rings. The van der Waals surface area contributed by atoms with Crippen molar-refractivity contribution in [1.82, 2.24) is 0 Å². The number of phenols is 1. The highest BCUT2D eigenvalue weighted by molar-refractivity contribution is 5.33. The molecule has 1 aromatic rings. The molecule has 2 nitrogen and oxygen atoms in total. The molecule has 0 aliphatic carbocycles. The molecule has 1 aromatic carbocycles. The van der Waals surface area contributed by atoms with Gasteiger partial charge in [-0.05, 0) is 18.6 Å². The zero-order chi connectivity index (χ0) is 12.7. The lowest BCUT2D eigenvalue weighted by molar-refractivity contribution is 0.281. The zero-order valence-corrected chi connectivity index (χ0v) is 10.0. The lowest BCUT2D eigenvalue weighted by Crippen LogP contribution is -2.00. The molecule has 0 unspecified atom stereocenters. The lowest BCUT2D eigenvalue weighted by Gasteiger charge is -2.08. The van der Waals surface area contributed by atoms with Gasteiger partial charge in [0.1, 0.15) is 0 Å². The van der Waals surface area contributed by atoms with Gasteiger partial charge in [0, 0.05) is 0 Å². The molecule has 0 bridgehead atoms. The van der Waals surface area contributed by atoms with Crippen molar-refractivity contribution in [3.8, 4) is 11.5 Å². The Hall–Kier alpha value is -1.32. The Morgan fingerprint density at radius 3 is 2.47 bits per heavy atom. The molecule has 1 N–H and O–H groups in total. The van der Waals surface area contributed by atoms with Gasteiger partial charge in [0.2, 0.25) is 11.6 Å². The summed E-state index contributed by atoms with van der Waals surface area (Å²) in [4.78, 5) is 0. The summed E-state index contributed by atoms with van der Waals surface area (Å²) < 4.78 is 31.3. The summed E-state index contributed by atoms with van der Waals surface area (Å²) in [5.41, 5.74) is 0. The molecule has 4 heteroatoms. The molecule has 0 spiro atoms.